The van der Waals surface area contributed by atoms with Crippen LogP contribution in [0.1, 0.15) is 163 Å². The number of phosphoric ester groups is 2. The van der Waals surface area contributed by atoms with Crippen molar-refractivity contribution >= 4 is 39.5 Å². The van der Waals surface area contributed by atoms with Crippen LogP contribution in [0.2, 0.25) is 0 Å². The maximum absolute atomic E-state index is 12.6. The summed E-state index contributed by atoms with van der Waals surface area (Å²) in [4.78, 5) is 69.0. The van der Waals surface area contributed by atoms with Crippen LogP contribution in [0.15, 0.2) is 0 Å². The minimum absolute atomic E-state index is 0.0497. The third kappa shape index (κ3) is 34.6. The number of unbranched alkanes of at least 4 members (excludes halogenated alkanes) is 14. The zero-order chi connectivity index (χ0) is 42.8. The van der Waals surface area contributed by atoms with Gasteiger partial charge in [0.15, 0.2) is 12.2 Å². The van der Waals surface area contributed by atoms with Gasteiger partial charge in [-0.25, -0.2) is 9.13 Å². The fraction of sp³-hybridized carbons (Fsp3) is 0.895. The second-order valence-corrected chi connectivity index (χ2v) is 16.8. The van der Waals surface area contributed by atoms with Gasteiger partial charge in [0, 0.05) is 25.7 Å². The zero-order valence-corrected chi connectivity index (χ0v) is 36.6. The van der Waals surface area contributed by atoms with Crippen LogP contribution in [-0.2, 0) is 65.4 Å². The van der Waals surface area contributed by atoms with E-state index in [1.807, 2.05) is 6.92 Å². The van der Waals surface area contributed by atoms with Gasteiger partial charge in [-0.1, -0.05) is 118 Å². The first-order chi connectivity index (χ1) is 27.2. The lowest BCUT2D eigenvalue weighted by Crippen LogP contribution is -2.30. The molecule has 0 bridgehead atoms. The van der Waals surface area contributed by atoms with Crippen molar-refractivity contribution in [3.05, 3.63) is 0 Å². The SMILES string of the molecule is CCCCCCCCCCC(=O)OC[C@H](COP(=O)(O)OC[C@@H](O)COP(=O)(O)OC[C@@H](COC(=O)CC)OC(=O)CCCCCC)OC(=O)CCCCCCC. The van der Waals surface area contributed by atoms with Crippen LogP contribution in [0.25, 0.3) is 0 Å². The van der Waals surface area contributed by atoms with Crippen molar-refractivity contribution in [3.63, 3.8) is 0 Å². The van der Waals surface area contributed by atoms with E-state index in [0.717, 1.165) is 70.6 Å². The van der Waals surface area contributed by atoms with E-state index >= 15 is 0 Å². The van der Waals surface area contributed by atoms with Gasteiger partial charge in [-0.3, -0.25) is 37.3 Å². The molecule has 0 aromatic rings. The molecule has 5 atom stereocenters. The number of aliphatic hydroxyl groups is 1. The molecule has 0 aromatic heterocycles. The number of rotatable bonds is 39. The molecule has 0 aliphatic heterocycles. The Labute approximate surface area is 339 Å². The first kappa shape index (κ1) is 55.1. The van der Waals surface area contributed by atoms with Gasteiger partial charge >= 0.3 is 39.5 Å². The standard InChI is InChI=1S/C38H72O17P2/c1-5-9-12-15-16-17-19-21-23-36(41)49-29-34(55-38(43)25-22-18-13-10-6-2)31-53-57(46,47)51-27-32(39)26-50-56(44,45)52-30-33(28-48-35(40)8-4)54-37(42)24-20-14-11-7-3/h32-34,39H,5-31H2,1-4H3,(H,44,45)(H,46,47)/t32-,33+,34+/m0/s1. The van der Waals surface area contributed by atoms with Crippen molar-refractivity contribution in [2.24, 2.45) is 0 Å². The Morgan fingerprint density at radius 2 is 0.754 bits per heavy atom. The van der Waals surface area contributed by atoms with Crippen LogP contribution < -0.4 is 0 Å². The van der Waals surface area contributed by atoms with Gasteiger partial charge in [0.05, 0.1) is 26.4 Å². The molecule has 0 saturated heterocycles. The van der Waals surface area contributed by atoms with Crippen LogP contribution in [-0.4, -0.2) is 96.7 Å². The van der Waals surface area contributed by atoms with E-state index in [9.17, 15) is 43.2 Å². The molecular formula is C38H72O17P2. The summed E-state index contributed by atoms with van der Waals surface area (Å²) in [6.07, 6.45) is 12.4. The molecule has 0 aromatic carbocycles. The van der Waals surface area contributed by atoms with Crippen molar-refractivity contribution in [2.75, 3.05) is 39.6 Å². The highest BCUT2D eigenvalue weighted by Gasteiger charge is 2.30. The molecule has 57 heavy (non-hydrogen) atoms. The van der Waals surface area contributed by atoms with Crippen molar-refractivity contribution in [3.8, 4) is 0 Å². The molecule has 0 radical (unpaired) electrons. The first-order valence-electron chi connectivity index (χ1n) is 20.8. The van der Waals surface area contributed by atoms with E-state index in [1.165, 1.54) is 19.3 Å². The molecule has 0 fully saturated rings. The number of ether oxygens (including phenoxy) is 4. The highest BCUT2D eigenvalue weighted by Crippen LogP contribution is 2.45. The topological polar surface area (TPSA) is 237 Å². The van der Waals surface area contributed by atoms with E-state index < -0.39 is 97.5 Å². The minimum Gasteiger partial charge on any atom is -0.462 e. The van der Waals surface area contributed by atoms with Crippen molar-refractivity contribution in [1.29, 1.82) is 0 Å². The Bertz CT molecular complexity index is 1170. The number of hydrogen-bond acceptors (Lipinski definition) is 15. The van der Waals surface area contributed by atoms with E-state index in [-0.39, 0.29) is 25.7 Å². The third-order valence-electron chi connectivity index (χ3n) is 8.41. The van der Waals surface area contributed by atoms with Crippen molar-refractivity contribution in [2.45, 2.75) is 181 Å². The number of esters is 4. The predicted octanol–water partition coefficient (Wildman–Crippen LogP) is 7.80. The monoisotopic (exact) mass is 862 g/mol. The molecule has 0 spiro atoms. The number of hydrogen-bond donors (Lipinski definition) is 3. The Balaban J connectivity index is 4.99. The van der Waals surface area contributed by atoms with Crippen LogP contribution in [0.5, 0.6) is 0 Å². The van der Waals surface area contributed by atoms with Crippen LogP contribution in [0, 0.1) is 0 Å². The van der Waals surface area contributed by atoms with Crippen molar-refractivity contribution in [1.82, 2.24) is 0 Å². The van der Waals surface area contributed by atoms with Crippen LogP contribution >= 0.6 is 15.6 Å². The molecule has 17 nitrogen and oxygen atoms in total. The number of phosphoric acid groups is 2. The smallest absolute Gasteiger partial charge is 0.462 e. The second kappa shape index (κ2) is 34.9. The summed E-state index contributed by atoms with van der Waals surface area (Å²) >= 11 is 0. The molecule has 0 aliphatic carbocycles. The average Bonchev–Trinajstić information content (AvgIpc) is 3.17. The van der Waals surface area contributed by atoms with Gasteiger partial charge in [-0.2, -0.15) is 0 Å². The Kier molecular flexibility index (Phi) is 33.7. The minimum atomic E-state index is -4.90. The van der Waals surface area contributed by atoms with Gasteiger partial charge in [0.1, 0.15) is 19.3 Å². The Morgan fingerprint density at radius 3 is 1.14 bits per heavy atom. The summed E-state index contributed by atoms with van der Waals surface area (Å²) in [6.45, 7) is 3.81. The van der Waals surface area contributed by atoms with E-state index in [1.54, 1.807) is 6.92 Å². The molecule has 0 aliphatic rings. The molecule has 0 saturated carbocycles. The Morgan fingerprint density at radius 1 is 0.439 bits per heavy atom. The summed E-state index contributed by atoms with van der Waals surface area (Å²) in [7, 11) is -9.77. The van der Waals surface area contributed by atoms with Gasteiger partial charge in [-0.15, -0.1) is 0 Å². The fourth-order valence-corrected chi connectivity index (χ4v) is 6.66. The normalized spacial score (nSPS) is 15.1. The molecule has 3 N–H and O–H groups in total. The lowest BCUT2D eigenvalue weighted by Gasteiger charge is -2.21. The molecule has 336 valence electrons. The van der Waals surface area contributed by atoms with E-state index in [2.05, 4.69) is 13.8 Å². The third-order valence-corrected chi connectivity index (χ3v) is 10.3. The average molecular weight is 863 g/mol. The zero-order valence-electron chi connectivity index (χ0n) is 34.8. The highest BCUT2D eigenvalue weighted by molar-refractivity contribution is 7.47. The highest BCUT2D eigenvalue weighted by atomic mass is 31.2. The van der Waals surface area contributed by atoms with Gasteiger partial charge in [0.25, 0.3) is 0 Å². The lowest BCUT2D eigenvalue weighted by molar-refractivity contribution is -0.161. The summed E-state index contributed by atoms with van der Waals surface area (Å²) in [5.74, 6) is -2.30. The fourth-order valence-electron chi connectivity index (χ4n) is 5.08. The quantitative estimate of drug-likeness (QED) is 0.0231. The molecular weight excluding hydrogens is 790 g/mol. The maximum atomic E-state index is 12.6. The first-order valence-corrected chi connectivity index (χ1v) is 23.8. The molecule has 2 unspecified atom stereocenters. The number of carbonyl (C=O) groups is 4. The largest absolute Gasteiger partial charge is 0.472 e. The van der Waals surface area contributed by atoms with Gasteiger partial charge < -0.3 is 33.8 Å². The van der Waals surface area contributed by atoms with Crippen LogP contribution in [0.3, 0.4) is 0 Å². The molecule has 19 heteroatoms. The summed E-state index contributed by atoms with van der Waals surface area (Å²) < 4.78 is 65.4. The number of carbonyl (C=O) groups excluding carboxylic acids is 4. The molecule has 0 rings (SSSR count). The Hall–Kier alpha value is -1.94. The molecule has 0 heterocycles. The van der Waals surface area contributed by atoms with Gasteiger partial charge in [0.2, 0.25) is 0 Å². The van der Waals surface area contributed by atoms with E-state index in [0.29, 0.717) is 19.3 Å². The van der Waals surface area contributed by atoms with E-state index in [4.69, 9.17) is 37.0 Å². The second-order valence-electron chi connectivity index (χ2n) is 13.9. The summed E-state index contributed by atoms with van der Waals surface area (Å²) in [6, 6.07) is 0. The predicted molar refractivity (Wildman–Crippen MR) is 211 cm³/mol. The van der Waals surface area contributed by atoms with Crippen molar-refractivity contribution < 1.29 is 80.2 Å². The summed E-state index contributed by atoms with van der Waals surface area (Å²) in [5.41, 5.74) is 0. The van der Waals surface area contributed by atoms with Gasteiger partial charge in [-0.05, 0) is 19.3 Å². The maximum Gasteiger partial charge on any atom is 0.472 e. The summed E-state index contributed by atoms with van der Waals surface area (Å²) in [5, 5.41) is 10.2. The molecule has 0 amide bonds. The number of aliphatic hydroxyl groups excluding tert-OH is 1. The lowest BCUT2D eigenvalue weighted by atomic mass is 10.1. The van der Waals surface area contributed by atoms with Crippen LogP contribution in [0.4, 0.5) is 0 Å².